The number of piperidine rings is 1. The fourth-order valence-electron chi connectivity index (χ4n) is 3.08. The first-order chi connectivity index (χ1) is 19.9. The number of ether oxygens (including phenoxy) is 1. The van der Waals surface area contributed by atoms with Crippen molar-refractivity contribution >= 4 is 5.82 Å². The molecule has 1 unspecified atom stereocenters. The number of rotatable bonds is 6. The van der Waals surface area contributed by atoms with Crippen LogP contribution in [0, 0.1) is 19.5 Å². The van der Waals surface area contributed by atoms with Crippen LogP contribution in [0.15, 0.2) is 36.8 Å². The number of nitrogens with two attached hydrogens (primary N) is 1. The van der Waals surface area contributed by atoms with Gasteiger partial charge in [-0.3, -0.25) is 4.68 Å². The normalized spacial score (nSPS) is 27.2. The summed E-state index contributed by atoms with van der Waals surface area (Å²) in [7, 11) is 0. The summed E-state index contributed by atoms with van der Waals surface area (Å²) >= 11 is 0. The van der Waals surface area contributed by atoms with E-state index in [2.05, 4.69) is 15.4 Å². The Morgan fingerprint density at radius 3 is 2.84 bits per heavy atom. The molecule has 1 atom stereocenters. The van der Waals surface area contributed by atoms with Crippen LogP contribution >= 0.6 is 0 Å². The Hall–Kier alpha value is -3.07. The number of aromatic nitrogens is 3. The molecule has 1 aliphatic heterocycles. The molecule has 32 heavy (non-hydrogen) atoms. The first-order valence-corrected chi connectivity index (χ1v) is 9.30. The summed E-state index contributed by atoms with van der Waals surface area (Å²) in [4.78, 5) is 3.85. The maximum atomic E-state index is 14.9. The zero-order chi connectivity index (χ0) is 33.3. The molecule has 3 N–H and O–H groups in total. The van der Waals surface area contributed by atoms with Gasteiger partial charge in [-0.2, -0.15) is 5.10 Å². The summed E-state index contributed by atoms with van der Waals surface area (Å²) in [5, 5.41) is 6.23. The number of aryl methyl sites for hydroxylation is 1. The molecule has 3 heterocycles. The smallest absolute Gasteiger partial charge is 0.279 e. The standard InChI is InChI=1S/C23H26F3N5O/c1-13-3-4-18(24)14(2)20(13)21(22(25)26)32-19-9-15(10-29-23(19)27)16-11-30-31(12-16)17-5-7-28-8-6-17/h3-4,9-12,17,21-22,28H,5-8H2,1-2H3,(H2,27,29)/i1D3,2D3,7D2,8D2,17D,21D. The van der Waals surface area contributed by atoms with E-state index in [-0.39, 0.29) is 11.1 Å². The molecular weight excluding hydrogens is 419 g/mol. The van der Waals surface area contributed by atoms with Gasteiger partial charge in [-0.25, -0.2) is 18.2 Å². The van der Waals surface area contributed by atoms with Crippen LogP contribution in [0.3, 0.4) is 0 Å². The molecule has 1 aromatic carbocycles. The number of benzene rings is 1. The highest BCUT2D eigenvalue weighted by molar-refractivity contribution is 5.66. The summed E-state index contributed by atoms with van der Waals surface area (Å²) in [6.45, 7) is -11.3. The van der Waals surface area contributed by atoms with Crippen LogP contribution < -0.4 is 15.8 Å². The van der Waals surface area contributed by atoms with Gasteiger partial charge in [0.2, 0.25) is 0 Å². The number of halogens is 3. The molecule has 170 valence electrons. The average molecular weight is 458 g/mol. The number of nitrogen functional groups attached to an aromatic ring is 1. The van der Waals surface area contributed by atoms with Crippen molar-refractivity contribution in [3.63, 3.8) is 0 Å². The molecule has 1 fully saturated rings. The predicted octanol–water partition coefficient (Wildman–Crippen LogP) is 4.59. The average Bonchev–Trinajstić information content (AvgIpc) is 3.32. The van der Waals surface area contributed by atoms with E-state index in [0.717, 1.165) is 16.9 Å². The largest absolute Gasteiger partial charge is 0.476 e. The van der Waals surface area contributed by atoms with Crippen LogP contribution in [0.4, 0.5) is 19.0 Å². The van der Waals surface area contributed by atoms with Gasteiger partial charge in [0.25, 0.3) is 6.43 Å². The van der Waals surface area contributed by atoms with E-state index in [1.807, 2.05) is 0 Å². The molecular formula is C23H26F3N5O. The van der Waals surface area contributed by atoms with Gasteiger partial charge in [0, 0.05) is 42.8 Å². The van der Waals surface area contributed by atoms with Crippen molar-refractivity contribution in [1.82, 2.24) is 20.1 Å². The number of hydrogen-bond acceptors (Lipinski definition) is 5. The Kier molecular flexibility index (Phi) is 3.36. The number of alkyl halides is 2. The Labute approximate surface area is 201 Å². The third kappa shape index (κ3) is 4.43. The van der Waals surface area contributed by atoms with Crippen LogP contribution in [0.25, 0.3) is 11.1 Å². The van der Waals surface area contributed by atoms with Gasteiger partial charge in [0.15, 0.2) is 17.6 Å². The van der Waals surface area contributed by atoms with Gasteiger partial charge in [-0.15, -0.1) is 0 Å². The second-order valence-corrected chi connectivity index (χ2v) is 6.79. The fraction of sp³-hybridized carbons (Fsp3) is 0.391. The molecule has 0 aliphatic carbocycles. The van der Waals surface area contributed by atoms with Crippen molar-refractivity contribution in [3.8, 4) is 16.9 Å². The maximum absolute atomic E-state index is 14.9. The summed E-state index contributed by atoms with van der Waals surface area (Å²) in [5.74, 6) is -2.85. The number of pyridine rings is 1. The highest BCUT2D eigenvalue weighted by Crippen LogP contribution is 2.36. The van der Waals surface area contributed by atoms with Crippen LogP contribution in [0.2, 0.25) is 0 Å². The Morgan fingerprint density at radius 2 is 2.12 bits per heavy atom. The second kappa shape index (κ2) is 9.20. The minimum atomic E-state index is -3.94. The summed E-state index contributed by atoms with van der Waals surface area (Å²) in [6.07, 6.45) is -5.16. The molecule has 6 nitrogen and oxygen atoms in total. The number of hydrogen-bond donors (Lipinski definition) is 2. The van der Waals surface area contributed by atoms with Crippen molar-refractivity contribution in [2.45, 2.75) is 45.1 Å². The van der Waals surface area contributed by atoms with Gasteiger partial charge in [-0.05, 0) is 62.8 Å². The van der Waals surface area contributed by atoms with Gasteiger partial charge in [0.1, 0.15) is 5.82 Å². The lowest BCUT2D eigenvalue weighted by Gasteiger charge is -2.23. The molecule has 4 rings (SSSR count). The topological polar surface area (TPSA) is 78.0 Å². The van der Waals surface area contributed by atoms with Crippen LogP contribution in [0.5, 0.6) is 5.75 Å². The minimum Gasteiger partial charge on any atom is -0.476 e. The lowest BCUT2D eigenvalue weighted by atomic mass is 9.97. The summed E-state index contributed by atoms with van der Waals surface area (Å²) in [5.41, 5.74) is 2.12. The van der Waals surface area contributed by atoms with Crippen molar-refractivity contribution < 1.29 is 34.4 Å². The number of nitrogens with zero attached hydrogens (tertiary/aromatic N) is 3. The van der Waals surface area contributed by atoms with E-state index < -0.39 is 92.1 Å². The zero-order valence-electron chi connectivity index (χ0n) is 28.4. The van der Waals surface area contributed by atoms with Crippen LogP contribution in [-0.2, 0) is 0 Å². The van der Waals surface area contributed by atoms with Gasteiger partial charge < -0.3 is 15.8 Å². The second-order valence-electron chi connectivity index (χ2n) is 6.79. The summed E-state index contributed by atoms with van der Waals surface area (Å²) in [6, 6.07) is 0.191. The van der Waals surface area contributed by atoms with Crippen LogP contribution in [-0.4, -0.2) is 34.2 Å². The fourth-order valence-corrected chi connectivity index (χ4v) is 3.08. The highest BCUT2D eigenvalue weighted by Gasteiger charge is 2.30. The number of nitrogens with one attached hydrogen (secondary N) is 1. The monoisotopic (exact) mass is 457 g/mol. The first-order valence-electron chi connectivity index (χ1n) is 15.3. The minimum absolute atomic E-state index is 0.0481. The van der Waals surface area contributed by atoms with Crippen LogP contribution in [0.1, 0.15) is 58.1 Å². The molecule has 0 spiro atoms. The van der Waals surface area contributed by atoms with Crippen molar-refractivity contribution in [1.29, 1.82) is 0 Å². The van der Waals surface area contributed by atoms with E-state index in [9.17, 15) is 13.2 Å². The van der Waals surface area contributed by atoms with E-state index in [4.69, 9.17) is 26.9 Å². The Morgan fingerprint density at radius 1 is 1.31 bits per heavy atom. The number of anilines is 1. The first kappa shape index (κ1) is 11.7. The van der Waals surface area contributed by atoms with Gasteiger partial charge in [-0.1, -0.05) is 6.07 Å². The third-order valence-electron chi connectivity index (χ3n) is 4.70. The molecule has 2 aromatic heterocycles. The Balaban J connectivity index is 1.82. The predicted molar refractivity (Wildman–Crippen MR) is 116 cm³/mol. The Bertz CT molecular complexity index is 1550. The molecule has 0 saturated carbocycles. The molecule has 1 saturated heterocycles. The molecule has 9 heteroatoms. The van der Waals surface area contributed by atoms with E-state index >= 15 is 0 Å². The zero-order valence-corrected chi connectivity index (χ0v) is 16.4. The molecule has 3 aromatic rings. The van der Waals surface area contributed by atoms with Crippen molar-refractivity contribution in [2.75, 3.05) is 18.7 Å². The molecule has 0 amide bonds. The van der Waals surface area contributed by atoms with Gasteiger partial charge >= 0.3 is 0 Å². The van der Waals surface area contributed by atoms with Crippen molar-refractivity contribution in [3.05, 3.63) is 59.3 Å². The lowest BCUT2D eigenvalue weighted by Crippen LogP contribution is -2.29. The maximum Gasteiger partial charge on any atom is 0.279 e. The molecule has 0 radical (unpaired) electrons. The van der Waals surface area contributed by atoms with Crippen molar-refractivity contribution in [2.24, 2.45) is 0 Å². The quantitative estimate of drug-likeness (QED) is 0.566. The molecule has 1 aliphatic rings. The summed E-state index contributed by atoms with van der Waals surface area (Å²) < 4.78 is 146. The van der Waals surface area contributed by atoms with E-state index in [1.54, 1.807) is 0 Å². The lowest BCUT2D eigenvalue weighted by molar-refractivity contribution is 0.00988. The third-order valence-corrected chi connectivity index (χ3v) is 4.70. The van der Waals surface area contributed by atoms with Gasteiger partial charge in [0.05, 0.1) is 15.0 Å². The van der Waals surface area contributed by atoms with E-state index in [1.165, 1.54) is 12.4 Å². The highest BCUT2D eigenvalue weighted by atomic mass is 19.3. The van der Waals surface area contributed by atoms with E-state index in [0.29, 0.717) is 12.1 Å². The molecule has 0 bridgehead atoms. The SMILES string of the molecule is [2H]C1([2H])CC([2H])(n2cc(-c3cnc(N)c(OC([2H])(c4c(C([2H])([2H])[2H])ccc(F)c4C([2H])([2H])[2H])C(F)F)c3)cn2)CC([2H])([2H])N1.